The van der Waals surface area contributed by atoms with Crippen LogP contribution < -0.4 is 10.6 Å². The van der Waals surface area contributed by atoms with Crippen LogP contribution in [0.4, 0.5) is 10.5 Å². The van der Waals surface area contributed by atoms with Crippen molar-refractivity contribution >= 4 is 17.6 Å². The number of nitrogens with zero attached hydrogens (tertiary/aromatic N) is 1. The molecule has 0 spiro atoms. The standard InChI is InChI=1S/C14H21N3O3/c1-9-5-6-11(13(19)17(3)4)7-12(9)16-14(20)15-10(2)8-18/h5-7,10,18H,8H2,1-4H3,(H2,15,16,20)/t10-/m0/s1. The van der Waals surface area contributed by atoms with E-state index < -0.39 is 6.03 Å². The number of hydrogen-bond donors (Lipinski definition) is 3. The molecule has 0 radical (unpaired) electrons. The van der Waals surface area contributed by atoms with Crippen molar-refractivity contribution in [2.45, 2.75) is 19.9 Å². The van der Waals surface area contributed by atoms with Gasteiger partial charge in [-0.2, -0.15) is 0 Å². The minimum Gasteiger partial charge on any atom is -0.394 e. The van der Waals surface area contributed by atoms with Crippen molar-refractivity contribution in [2.75, 3.05) is 26.0 Å². The Morgan fingerprint density at radius 2 is 2.00 bits per heavy atom. The summed E-state index contributed by atoms with van der Waals surface area (Å²) in [5.74, 6) is -0.128. The van der Waals surface area contributed by atoms with Gasteiger partial charge in [-0.3, -0.25) is 4.79 Å². The van der Waals surface area contributed by atoms with Crippen LogP contribution in [0.15, 0.2) is 18.2 Å². The van der Waals surface area contributed by atoms with Gasteiger partial charge in [-0.1, -0.05) is 6.07 Å². The van der Waals surface area contributed by atoms with Crippen LogP contribution in [0.3, 0.4) is 0 Å². The fourth-order valence-electron chi connectivity index (χ4n) is 1.58. The van der Waals surface area contributed by atoms with Gasteiger partial charge in [-0.05, 0) is 31.5 Å². The Kier molecular flexibility index (Phi) is 5.52. The number of carbonyl (C=O) groups excluding carboxylic acids is 2. The normalized spacial score (nSPS) is 11.7. The van der Waals surface area contributed by atoms with Gasteiger partial charge in [0.1, 0.15) is 0 Å². The summed E-state index contributed by atoms with van der Waals surface area (Å²) < 4.78 is 0. The van der Waals surface area contributed by atoms with Gasteiger partial charge in [-0.25, -0.2) is 4.79 Å². The SMILES string of the molecule is Cc1ccc(C(=O)N(C)C)cc1NC(=O)N[C@@H](C)CO. The number of amides is 3. The van der Waals surface area contributed by atoms with E-state index in [-0.39, 0.29) is 18.6 Å². The molecule has 6 heteroatoms. The van der Waals surface area contributed by atoms with Gasteiger partial charge in [0.2, 0.25) is 0 Å². The number of nitrogens with one attached hydrogen (secondary N) is 2. The van der Waals surface area contributed by atoms with E-state index in [1.807, 2.05) is 6.92 Å². The zero-order valence-electron chi connectivity index (χ0n) is 12.2. The van der Waals surface area contributed by atoms with Crippen molar-refractivity contribution in [2.24, 2.45) is 0 Å². The molecule has 0 saturated heterocycles. The minimum atomic E-state index is -0.413. The van der Waals surface area contributed by atoms with Crippen molar-refractivity contribution in [1.29, 1.82) is 0 Å². The van der Waals surface area contributed by atoms with Crippen molar-refractivity contribution in [3.8, 4) is 0 Å². The first-order valence-electron chi connectivity index (χ1n) is 6.35. The lowest BCUT2D eigenvalue weighted by Gasteiger charge is -2.15. The van der Waals surface area contributed by atoms with Gasteiger partial charge in [0, 0.05) is 25.3 Å². The van der Waals surface area contributed by atoms with E-state index in [2.05, 4.69) is 10.6 Å². The molecule has 0 heterocycles. The monoisotopic (exact) mass is 279 g/mol. The zero-order valence-corrected chi connectivity index (χ0v) is 12.2. The predicted molar refractivity (Wildman–Crippen MR) is 77.9 cm³/mol. The molecule has 0 aliphatic rings. The fourth-order valence-corrected chi connectivity index (χ4v) is 1.58. The van der Waals surface area contributed by atoms with Gasteiger partial charge < -0.3 is 20.6 Å². The maximum atomic E-state index is 11.9. The second-order valence-electron chi connectivity index (χ2n) is 4.91. The minimum absolute atomic E-state index is 0.128. The summed E-state index contributed by atoms with van der Waals surface area (Å²) in [4.78, 5) is 25.1. The van der Waals surface area contributed by atoms with Crippen molar-refractivity contribution < 1.29 is 14.7 Å². The lowest BCUT2D eigenvalue weighted by molar-refractivity contribution is 0.0827. The number of urea groups is 1. The summed E-state index contributed by atoms with van der Waals surface area (Å²) >= 11 is 0. The Morgan fingerprint density at radius 3 is 2.55 bits per heavy atom. The van der Waals surface area contributed by atoms with Crippen LogP contribution in [0.1, 0.15) is 22.8 Å². The van der Waals surface area contributed by atoms with Crippen LogP contribution >= 0.6 is 0 Å². The van der Waals surface area contributed by atoms with E-state index >= 15 is 0 Å². The smallest absolute Gasteiger partial charge is 0.319 e. The van der Waals surface area contributed by atoms with Crippen LogP contribution in [-0.2, 0) is 0 Å². The van der Waals surface area contributed by atoms with Gasteiger partial charge in [0.05, 0.1) is 12.6 Å². The highest BCUT2D eigenvalue weighted by Gasteiger charge is 2.12. The molecule has 3 N–H and O–H groups in total. The Hall–Kier alpha value is -2.08. The number of anilines is 1. The Morgan fingerprint density at radius 1 is 1.35 bits per heavy atom. The second-order valence-corrected chi connectivity index (χ2v) is 4.91. The summed E-state index contributed by atoms with van der Waals surface area (Å²) in [5.41, 5.74) is 1.93. The lowest BCUT2D eigenvalue weighted by atomic mass is 10.1. The highest BCUT2D eigenvalue weighted by atomic mass is 16.3. The quantitative estimate of drug-likeness (QED) is 0.774. The molecule has 0 aromatic heterocycles. The Labute approximate surface area is 118 Å². The van der Waals surface area contributed by atoms with Crippen molar-refractivity contribution in [3.63, 3.8) is 0 Å². The molecule has 3 amide bonds. The summed E-state index contributed by atoms with van der Waals surface area (Å²) in [5, 5.41) is 14.1. The lowest BCUT2D eigenvalue weighted by Crippen LogP contribution is -2.38. The van der Waals surface area contributed by atoms with E-state index in [1.54, 1.807) is 39.2 Å². The van der Waals surface area contributed by atoms with E-state index in [1.165, 1.54) is 4.90 Å². The molecule has 0 bridgehead atoms. The molecular formula is C14H21N3O3. The number of aryl methyl sites for hydroxylation is 1. The third-order valence-electron chi connectivity index (χ3n) is 2.79. The summed E-state index contributed by atoms with van der Waals surface area (Å²) in [6, 6.07) is 4.39. The average molecular weight is 279 g/mol. The van der Waals surface area contributed by atoms with Crippen molar-refractivity contribution in [3.05, 3.63) is 29.3 Å². The maximum Gasteiger partial charge on any atom is 0.319 e. The molecule has 0 aliphatic carbocycles. The van der Waals surface area contributed by atoms with Crippen LogP contribution in [0.2, 0.25) is 0 Å². The number of aliphatic hydroxyl groups is 1. The highest BCUT2D eigenvalue weighted by Crippen LogP contribution is 2.17. The summed E-state index contributed by atoms with van der Waals surface area (Å²) in [7, 11) is 3.34. The summed E-state index contributed by atoms with van der Waals surface area (Å²) in [6.07, 6.45) is 0. The largest absolute Gasteiger partial charge is 0.394 e. The fraction of sp³-hybridized carbons (Fsp3) is 0.429. The second kappa shape index (κ2) is 6.91. The number of rotatable bonds is 4. The van der Waals surface area contributed by atoms with Gasteiger partial charge in [0.25, 0.3) is 5.91 Å². The molecule has 0 aliphatic heterocycles. The molecule has 0 saturated carbocycles. The third kappa shape index (κ3) is 4.24. The van der Waals surface area contributed by atoms with Gasteiger partial charge in [0.15, 0.2) is 0 Å². The first-order chi connectivity index (χ1) is 9.35. The van der Waals surface area contributed by atoms with Crippen molar-refractivity contribution in [1.82, 2.24) is 10.2 Å². The molecule has 1 aromatic carbocycles. The number of hydrogen-bond acceptors (Lipinski definition) is 3. The van der Waals surface area contributed by atoms with E-state index in [9.17, 15) is 9.59 Å². The number of benzene rings is 1. The maximum absolute atomic E-state index is 11.9. The molecule has 1 rings (SSSR count). The van der Waals surface area contributed by atoms with Crippen LogP contribution in [-0.4, -0.2) is 48.7 Å². The van der Waals surface area contributed by atoms with Gasteiger partial charge in [-0.15, -0.1) is 0 Å². The molecule has 1 atom stereocenters. The van der Waals surface area contributed by atoms with Crippen LogP contribution in [0, 0.1) is 6.92 Å². The first kappa shape index (κ1) is 16.0. The number of carbonyl (C=O) groups is 2. The topological polar surface area (TPSA) is 81.7 Å². The van der Waals surface area contributed by atoms with E-state index in [0.29, 0.717) is 11.3 Å². The number of aliphatic hydroxyl groups excluding tert-OH is 1. The van der Waals surface area contributed by atoms with E-state index in [4.69, 9.17) is 5.11 Å². The van der Waals surface area contributed by atoms with Crippen LogP contribution in [0.5, 0.6) is 0 Å². The van der Waals surface area contributed by atoms with Gasteiger partial charge >= 0.3 is 6.03 Å². The third-order valence-corrected chi connectivity index (χ3v) is 2.79. The average Bonchev–Trinajstić information content (AvgIpc) is 2.40. The Bertz CT molecular complexity index is 500. The molecular weight excluding hydrogens is 258 g/mol. The van der Waals surface area contributed by atoms with E-state index in [0.717, 1.165) is 5.56 Å². The molecule has 1 aromatic rings. The highest BCUT2D eigenvalue weighted by molar-refractivity contribution is 5.97. The predicted octanol–water partition coefficient (Wildman–Crippen LogP) is 1.20. The molecule has 0 unspecified atom stereocenters. The Balaban J connectivity index is 2.87. The molecule has 110 valence electrons. The zero-order chi connectivity index (χ0) is 15.3. The first-order valence-corrected chi connectivity index (χ1v) is 6.35. The van der Waals surface area contributed by atoms with Crippen LogP contribution in [0.25, 0.3) is 0 Å². The molecule has 20 heavy (non-hydrogen) atoms. The molecule has 0 fully saturated rings. The summed E-state index contributed by atoms with van der Waals surface area (Å²) in [6.45, 7) is 3.40. The molecule has 6 nitrogen and oxygen atoms in total.